The number of ether oxygens (including phenoxy) is 1. The summed E-state index contributed by atoms with van der Waals surface area (Å²) < 4.78 is 7.50. The number of hydrogen-bond acceptors (Lipinski definition) is 3. The summed E-state index contributed by atoms with van der Waals surface area (Å²) in [6.07, 6.45) is 2.26. The van der Waals surface area contributed by atoms with Gasteiger partial charge in [-0.1, -0.05) is 48.5 Å². The molecule has 1 N–H and O–H groups in total. The van der Waals surface area contributed by atoms with E-state index in [0.29, 0.717) is 5.75 Å². The topological polar surface area (TPSA) is 46.5 Å². The fourth-order valence-electron chi connectivity index (χ4n) is 2.72. The van der Waals surface area contributed by atoms with Crippen LogP contribution in [0.25, 0.3) is 5.57 Å². The van der Waals surface area contributed by atoms with Gasteiger partial charge in [-0.3, -0.25) is 0 Å². The molecule has 0 amide bonds. The molecule has 6 heteroatoms. The van der Waals surface area contributed by atoms with Gasteiger partial charge >= 0.3 is 5.97 Å². The van der Waals surface area contributed by atoms with Crippen molar-refractivity contribution in [3.8, 4) is 5.75 Å². The van der Waals surface area contributed by atoms with Gasteiger partial charge in [0.1, 0.15) is 5.75 Å². The second-order valence-corrected chi connectivity index (χ2v) is 9.55. The lowest BCUT2D eigenvalue weighted by Crippen LogP contribution is -2.09. The maximum atomic E-state index is 10.6. The van der Waals surface area contributed by atoms with E-state index in [1.807, 2.05) is 24.3 Å². The molecule has 0 bridgehead atoms. The van der Waals surface area contributed by atoms with Crippen LogP contribution in [0.2, 0.25) is 0 Å². The summed E-state index contributed by atoms with van der Waals surface area (Å²) in [6.45, 7) is -0.332. The highest BCUT2D eigenvalue weighted by Gasteiger charge is 2.07. The van der Waals surface area contributed by atoms with E-state index in [1.165, 1.54) is 20.3 Å². The minimum atomic E-state index is -0.979. The van der Waals surface area contributed by atoms with Crippen molar-refractivity contribution < 1.29 is 14.6 Å². The molecule has 0 heterocycles. The fraction of sp³-hybridized carbons (Fsp3) is 0.0870. The maximum absolute atomic E-state index is 10.6. The number of hydrogen-bond donors (Lipinski definition) is 1. The summed E-state index contributed by atoms with van der Waals surface area (Å²) in [5.41, 5.74) is 3.62. The van der Waals surface area contributed by atoms with Crippen LogP contribution in [0.5, 0.6) is 5.75 Å². The molecule has 0 radical (unpaired) electrons. The van der Waals surface area contributed by atoms with Crippen molar-refractivity contribution in [1.82, 2.24) is 0 Å². The summed E-state index contributed by atoms with van der Waals surface area (Å²) in [4.78, 5) is 11.8. The molecule has 0 aliphatic carbocycles. The molecule has 148 valence electrons. The molecule has 0 aliphatic heterocycles. The van der Waals surface area contributed by atoms with Gasteiger partial charge in [-0.25, -0.2) is 4.79 Å². The Morgan fingerprint density at radius 3 is 2.41 bits per heavy atom. The average Bonchev–Trinajstić information content (AvgIpc) is 2.71. The highest BCUT2D eigenvalue weighted by atomic mass is 127. The Morgan fingerprint density at radius 1 is 0.966 bits per heavy atom. The quantitative estimate of drug-likeness (QED) is 0.226. The van der Waals surface area contributed by atoms with Gasteiger partial charge in [0.2, 0.25) is 0 Å². The normalized spacial score (nSPS) is 11.3. The molecule has 29 heavy (non-hydrogen) atoms. The van der Waals surface area contributed by atoms with Crippen molar-refractivity contribution in [3.05, 3.63) is 97.1 Å². The lowest BCUT2D eigenvalue weighted by molar-refractivity contribution is -0.139. The Kier molecular flexibility index (Phi) is 8.43. The van der Waals surface area contributed by atoms with Crippen LogP contribution in [-0.2, 0) is 4.79 Å². The van der Waals surface area contributed by atoms with Gasteiger partial charge in [-0.05, 0) is 92.2 Å². The SMILES string of the molecule is O=C(O)COc1ccc(SCC=C(c2ccccc2)c2cccc(I)c2)c(I)c1. The molecule has 0 fully saturated rings. The predicted octanol–water partition coefficient (Wildman–Crippen LogP) is 6.58. The standard InChI is InChI=1S/C23H18I2O3S/c24-18-8-4-7-17(13-18)20(16-5-2-1-3-6-16)11-12-29-22-10-9-19(14-21(22)25)28-15-23(26)27/h1-11,13-14H,12,15H2,(H,26,27). The molecule has 0 aromatic heterocycles. The third-order valence-corrected chi connectivity index (χ3v) is 6.94. The van der Waals surface area contributed by atoms with E-state index in [9.17, 15) is 4.79 Å². The molecule has 0 saturated heterocycles. The first-order valence-electron chi connectivity index (χ1n) is 8.81. The number of aliphatic carboxylic acids is 1. The highest BCUT2D eigenvalue weighted by Crippen LogP contribution is 2.30. The molecule has 3 aromatic carbocycles. The van der Waals surface area contributed by atoms with Crippen LogP contribution >= 0.6 is 56.9 Å². The second-order valence-electron chi connectivity index (χ2n) is 6.08. The lowest BCUT2D eigenvalue weighted by atomic mass is 9.98. The largest absolute Gasteiger partial charge is 0.482 e. The Hall–Kier alpha value is -1.52. The minimum Gasteiger partial charge on any atom is -0.482 e. The molecule has 0 aliphatic rings. The van der Waals surface area contributed by atoms with E-state index < -0.39 is 5.97 Å². The summed E-state index contributed by atoms with van der Waals surface area (Å²) in [5.74, 6) is 0.411. The summed E-state index contributed by atoms with van der Waals surface area (Å²) in [5, 5.41) is 8.73. The second kappa shape index (κ2) is 11.0. The Bertz CT molecular complexity index is 1020. The third-order valence-electron chi connectivity index (χ3n) is 4.01. The third kappa shape index (κ3) is 6.75. The van der Waals surface area contributed by atoms with Crippen LogP contribution < -0.4 is 4.74 Å². The lowest BCUT2D eigenvalue weighted by Gasteiger charge is -2.10. The Morgan fingerprint density at radius 2 is 1.72 bits per heavy atom. The van der Waals surface area contributed by atoms with E-state index in [1.54, 1.807) is 11.8 Å². The average molecular weight is 628 g/mol. The van der Waals surface area contributed by atoms with Crippen molar-refractivity contribution in [2.75, 3.05) is 12.4 Å². The number of rotatable bonds is 8. The first-order chi connectivity index (χ1) is 14.0. The highest BCUT2D eigenvalue weighted by molar-refractivity contribution is 14.1. The van der Waals surface area contributed by atoms with E-state index in [0.717, 1.165) is 14.2 Å². The van der Waals surface area contributed by atoms with Crippen LogP contribution in [-0.4, -0.2) is 23.4 Å². The smallest absolute Gasteiger partial charge is 0.341 e. The van der Waals surface area contributed by atoms with E-state index in [2.05, 4.69) is 99.8 Å². The zero-order valence-corrected chi connectivity index (χ0v) is 20.5. The number of carbonyl (C=O) groups is 1. The number of halogens is 2. The van der Waals surface area contributed by atoms with Gasteiger partial charge < -0.3 is 9.84 Å². The van der Waals surface area contributed by atoms with Gasteiger partial charge in [0.05, 0.1) is 0 Å². The summed E-state index contributed by atoms with van der Waals surface area (Å²) in [6, 6.07) is 24.6. The molecular formula is C23H18I2O3S. The van der Waals surface area contributed by atoms with Crippen LogP contribution in [0.3, 0.4) is 0 Å². The van der Waals surface area contributed by atoms with Crippen molar-refractivity contribution in [2.24, 2.45) is 0 Å². The molecule has 0 unspecified atom stereocenters. The Balaban J connectivity index is 1.77. The summed E-state index contributed by atoms with van der Waals surface area (Å²) >= 11 is 6.34. The fourth-order valence-corrected chi connectivity index (χ4v) is 5.01. The van der Waals surface area contributed by atoms with E-state index >= 15 is 0 Å². The number of benzene rings is 3. The maximum Gasteiger partial charge on any atom is 0.341 e. The van der Waals surface area contributed by atoms with E-state index in [4.69, 9.17) is 9.84 Å². The molecule has 3 nitrogen and oxygen atoms in total. The van der Waals surface area contributed by atoms with Crippen molar-refractivity contribution in [3.63, 3.8) is 0 Å². The minimum absolute atomic E-state index is 0.332. The van der Waals surface area contributed by atoms with Crippen LogP contribution in [0.15, 0.2) is 83.8 Å². The monoisotopic (exact) mass is 628 g/mol. The van der Waals surface area contributed by atoms with Gasteiger partial charge in [0.15, 0.2) is 6.61 Å². The van der Waals surface area contributed by atoms with Gasteiger partial charge in [0, 0.05) is 17.8 Å². The van der Waals surface area contributed by atoms with E-state index in [-0.39, 0.29) is 6.61 Å². The predicted molar refractivity (Wildman–Crippen MR) is 136 cm³/mol. The van der Waals surface area contributed by atoms with Gasteiger partial charge in [-0.2, -0.15) is 0 Å². The molecular weight excluding hydrogens is 610 g/mol. The molecule has 3 aromatic rings. The zero-order valence-electron chi connectivity index (χ0n) is 15.3. The van der Waals surface area contributed by atoms with Crippen LogP contribution in [0, 0.1) is 7.14 Å². The Labute approximate surface area is 201 Å². The molecule has 3 rings (SSSR count). The first-order valence-corrected chi connectivity index (χ1v) is 12.0. The van der Waals surface area contributed by atoms with Crippen molar-refractivity contribution in [2.45, 2.75) is 4.90 Å². The molecule has 0 saturated carbocycles. The zero-order chi connectivity index (χ0) is 20.6. The molecule has 0 atom stereocenters. The number of thioether (sulfide) groups is 1. The van der Waals surface area contributed by atoms with Crippen LogP contribution in [0.1, 0.15) is 11.1 Å². The van der Waals surface area contributed by atoms with Gasteiger partial charge in [0.25, 0.3) is 0 Å². The van der Waals surface area contributed by atoms with Crippen LogP contribution in [0.4, 0.5) is 0 Å². The summed E-state index contributed by atoms with van der Waals surface area (Å²) in [7, 11) is 0. The molecule has 0 spiro atoms. The first kappa shape index (κ1) is 22.2. The van der Waals surface area contributed by atoms with Gasteiger partial charge in [-0.15, -0.1) is 11.8 Å². The number of carboxylic acid groups (broad SMARTS) is 1. The van der Waals surface area contributed by atoms with Crippen molar-refractivity contribution >= 4 is 68.5 Å². The number of carboxylic acids is 1. The van der Waals surface area contributed by atoms with Crippen molar-refractivity contribution in [1.29, 1.82) is 0 Å².